The Morgan fingerprint density at radius 1 is 1.38 bits per heavy atom. The molecule has 1 amide bonds. The molecule has 24 heavy (non-hydrogen) atoms. The normalized spacial score (nSPS) is 13.3. The van der Waals surface area contributed by atoms with Gasteiger partial charge in [0.1, 0.15) is 11.6 Å². The molecule has 126 valence electrons. The largest absolute Gasteiger partial charge is 0.496 e. The fraction of sp³-hybridized carbons (Fsp3) is 0.278. The maximum Gasteiger partial charge on any atom is 0.229 e. The first-order chi connectivity index (χ1) is 11.6. The smallest absolute Gasteiger partial charge is 0.229 e. The topological polar surface area (TPSA) is 50.4 Å². The Labute approximate surface area is 148 Å². The molecular weight excluding hydrogens is 375 g/mol. The maximum atomic E-state index is 14.6. The monoisotopic (exact) mass is 392 g/mol. The van der Waals surface area contributed by atoms with E-state index in [0.717, 1.165) is 22.1 Å². The van der Waals surface area contributed by atoms with Crippen LogP contribution in [0.1, 0.15) is 16.7 Å². The third-order valence-electron chi connectivity index (χ3n) is 4.07. The van der Waals surface area contributed by atoms with Crippen molar-refractivity contribution in [1.82, 2.24) is 5.32 Å². The average molecular weight is 393 g/mol. The van der Waals surface area contributed by atoms with Crippen molar-refractivity contribution in [2.24, 2.45) is 0 Å². The van der Waals surface area contributed by atoms with Gasteiger partial charge in [-0.05, 0) is 48.4 Å². The number of ether oxygens (including phenoxy) is 1. The summed E-state index contributed by atoms with van der Waals surface area (Å²) >= 11 is 3.38. The van der Waals surface area contributed by atoms with Gasteiger partial charge in [0.2, 0.25) is 5.91 Å². The van der Waals surface area contributed by atoms with Crippen LogP contribution in [0, 0.1) is 5.82 Å². The van der Waals surface area contributed by atoms with Crippen molar-refractivity contribution in [1.29, 1.82) is 0 Å². The van der Waals surface area contributed by atoms with E-state index in [1.54, 1.807) is 19.2 Å². The third kappa shape index (κ3) is 3.60. The highest BCUT2D eigenvalue weighted by Crippen LogP contribution is 2.26. The second-order valence-electron chi connectivity index (χ2n) is 5.67. The van der Waals surface area contributed by atoms with E-state index < -0.39 is 0 Å². The van der Waals surface area contributed by atoms with E-state index in [1.807, 2.05) is 18.2 Å². The van der Waals surface area contributed by atoms with Crippen molar-refractivity contribution >= 4 is 27.5 Å². The Morgan fingerprint density at radius 3 is 3.00 bits per heavy atom. The fourth-order valence-electron chi connectivity index (χ4n) is 2.88. The molecule has 0 aromatic heterocycles. The summed E-state index contributed by atoms with van der Waals surface area (Å²) in [6.07, 6.45) is 0.741. The van der Waals surface area contributed by atoms with Crippen LogP contribution in [0.2, 0.25) is 0 Å². The summed E-state index contributed by atoms with van der Waals surface area (Å²) in [5, 5.41) is 5.88. The van der Waals surface area contributed by atoms with Gasteiger partial charge < -0.3 is 15.4 Å². The third-order valence-corrected chi connectivity index (χ3v) is 4.57. The quantitative estimate of drug-likeness (QED) is 0.837. The van der Waals surface area contributed by atoms with Gasteiger partial charge in [-0.3, -0.25) is 4.79 Å². The number of anilines is 1. The molecular formula is C18H18BrFN2O2. The van der Waals surface area contributed by atoms with Crippen LogP contribution in [0.15, 0.2) is 34.8 Å². The summed E-state index contributed by atoms with van der Waals surface area (Å²) < 4.78 is 20.7. The van der Waals surface area contributed by atoms with E-state index in [9.17, 15) is 9.18 Å². The molecule has 4 nitrogen and oxygen atoms in total. The van der Waals surface area contributed by atoms with Crippen molar-refractivity contribution in [3.8, 4) is 5.75 Å². The van der Waals surface area contributed by atoms with E-state index in [1.165, 1.54) is 0 Å². The molecule has 0 bridgehead atoms. The first-order valence-electron chi connectivity index (χ1n) is 7.71. The zero-order valence-corrected chi connectivity index (χ0v) is 14.9. The predicted octanol–water partition coefficient (Wildman–Crippen LogP) is 3.42. The number of nitrogens with one attached hydrogen (secondary N) is 2. The highest BCUT2D eigenvalue weighted by atomic mass is 79.9. The van der Waals surface area contributed by atoms with Crippen molar-refractivity contribution in [2.75, 3.05) is 19.0 Å². The second kappa shape index (κ2) is 7.32. The van der Waals surface area contributed by atoms with Gasteiger partial charge in [-0.25, -0.2) is 4.39 Å². The van der Waals surface area contributed by atoms with Crippen LogP contribution in [0.25, 0.3) is 0 Å². The van der Waals surface area contributed by atoms with Crippen molar-refractivity contribution in [2.45, 2.75) is 19.4 Å². The van der Waals surface area contributed by atoms with Gasteiger partial charge in [-0.2, -0.15) is 0 Å². The minimum Gasteiger partial charge on any atom is -0.496 e. The molecule has 0 saturated heterocycles. The lowest BCUT2D eigenvalue weighted by Gasteiger charge is -2.19. The molecule has 0 radical (unpaired) electrons. The van der Waals surface area contributed by atoms with E-state index in [-0.39, 0.29) is 23.8 Å². The number of hydrogen-bond acceptors (Lipinski definition) is 3. The number of halogens is 2. The number of hydrogen-bond donors (Lipinski definition) is 2. The number of rotatable bonds is 4. The predicted molar refractivity (Wildman–Crippen MR) is 94.8 cm³/mol. The number of carbonyl (C=O) groups is 1. The van der Waals surface area contributed by atoms with Gasteiger partial charge in [0.25, 0.3) is 0 Å². The second-order valence-corrected chi connectivity index (χ2v) is 6.59. The summed E-state index contributed by atoms with van der Waals surface area (Å²) in [7, 11) is 1.56. The van der Waals surface area contributed by atoms with Crippen LogP contribution in [0.3, 0.4) is 0 Å². The van der Waals surface area contributed by atoms with Gasteiger partial charge in [0.05, 0.1) is 19.2 Å². The standard InChI is InChI=1S/C18H18BrFN2O2/c1-24-16-5-3-13(19)8-12(16)9-17(23)22-15-4-2-11-10-21-7-6-14(11)18(15)20/h2-5,8,21H,6-7,9-10H2,1H3,(H,22,23). The molecule has 0 spiro atoms. The Balaban J connectivity index is 1.77. The Bertz CT molecular complexity index is 780. The molecule has 0 fully saturated rings. The van der Waals surface area contributed by atoms with E-state index >= 15 is 0 Å². The Kier molecular flexibility index (Phi) is 5.16. The lowest BCUT2D eigenvalue weighted by Crippen LogP contribution is -2.25. The average Bonchev–Trinajstić information content (AvgIpc) is 2.58. The van der Waals surface area contributed by atoms with Gasteiger partial charge in [-0.15, -0.1) is 0 Å². The highest BCUT2D eigenvalue weighted by Gasteiger charge is 2.18. The Hall–Kier alpha value is -1.92. The zero-order valence-electron chi connectivity index (χ0n) is 13.3. The molecule has 0 saturated carbocycles. The maximum absolute atomic E-state index is 14.6. The van der Waals surface area contributed by atoms with Crippen LogP contribution >= 0.6 is 15.9 Å². The first-order valence-corrected chi connectivity index (χ1v) is 8.51. The van der Waals surface area contributed by atoms with Crippen LogP contribution < -0.4 is 15.4 Å². The van der Waals surface area contributed by atoms with Gasteiger partial charge in [0, 0.05) is 16.6 Å². The molecule has 3 rings (SSSR count). The lowest BCUT2D eigenvalue weighted by molar-refractivity contribution is -0.115. The number of benzene rings is 2. The lowest BCUT2D eigenvalue weighted by atomic mass is 9.99. The van der Waals surface area contributed by atoms with E-state index in [2.05, 4.69) is 26.6 Å². The fourth-order valence-corrected chi connectivity index (χ4v) is 3.29. The van der Waals surface area contributed by atoms with E-state index in [0.29, 0.717) is 24.3 Å². The van der Waals surface area contributed by atoms with Crippen LogP contribution in [-0.2, 0) is 24.2 Å². The molecule has 6 heteroatoms. The molecule has 2 aromatic rings. The molecule has 1 heterocycles. The van der Waals surface area contributed by atoms with Crippen LogP contribution in [0.5, 0.6) is 5.75 Å². The zero-order chi connectivity index (χ0) is 17.1. The van der Waals surface area contributed by atoms with Gasteiger partial charge in [-0.1, -0.05) is 22.0 Å². The van der Waals surface area contributed by atoms with Crippen LogP contribution in [-0.4, -0.2) is 19.6 Å². The van der Waals surface area contributed by atoms with Crippen molar-refractivity contribution in [3.05, 3.63) is 57.3 Å². The summed E-state index contributed by atoms with van der Waals surface area (Å²) in [6, 6.07) is 8.95. The molecule has 2 aromatic carbocycles. The highest BCUT2D eigenvalue weighted by molar-refractivity contribution is 9.10. The molecule has 1 aliphatic heterocycles. The van der Waals surface area contributed by atoms with Crippen molar-refractivity contribution < 1.29 is 13.9 Å². The minimum absolute atomic E-state index is 0.112. The van der Waals surface area contributed by atoms with Crippen molar-refractivity contribution in [3.63, 3.8) is 0 Å². The van der Waals surface area contributed by atoms with Gasteiger partial charge >= 0.3 is 0 Å². The number of amides is 1. The SMILES string of the molecule is COc1ccc(Br)cc1CC(=O)Nc1ccc2c(c1F)CCNC2. The number of methoxy groups -OCH3 is 1. The van der Waals surface area contributed by atoms with Gasteiger partial charge in [0.15, 0.2) is 0 Å². The minimum atomic E-state index is -0.330. The first kappa shape index (κ1) is 16.9. The van der Waals surface area contributed by atoms with Crippen LogP contribution in [0.4, 0.5) is 10.1 Å². The summed E-state index contributed by atoms with van der Waals surface area (Å²) in [6.45, 7) is 1.41. The molecule has 0 unspecified atom stereocenters. The molecule has 2 N–H and O–H groups in total. The summed E-state index contributed by atoms with van der Waals surface area (Å²) in [4.78, 5) is 12.3. The molecule has 1 aliphatic rings. The number of fused-ring (bicyclic) bond motifs is 1. The summed E-state index contributed by atoms with van der Waals surface area (Å²) in [5.41, 5.74) is 2.61. The van der Waals surface area contributed by atoms with E-state index in [4.69, 9.17) is 4.74 Å². The molecule has 0 aliphatic carbocycles. The number of carbonyl (C=O) groups excluding carboxylic acids is 1. The summed E-state index contributed by atoms with van der Waals surface area (Å²) in [5.74, 6) is 0.0214. The Morgan fingerprint density at radius 2 is 2.21 bits per heavy atom. The molecule has 0 atom stereocenters.